The zero-order valence-electron chi connectivity index (χ0n) is 15.7. The van der Waals surface area contributed by atoms with Gasteiger partial charge in [-0.1, -0.05) is 80.4 Å². The smallest absolute Gasteiger partial charge is 0.322 e. The van der Waals surface area contributed by atoms with E-state index in [0.717, 1.165) is 24.0 Å². The highest BCUT2D eigenvalue weighted by atomic mass is 16.5. The molecule has 140 valence electrons. The number of benzene rings is 2. The number of hydrogen-bond acceptors (Lipinski definition) is 4. The minimum Gasteiger partial charge on any atom is -0.460 e. The first-order valence-corrected chi connectivity index (χ1v) is 9.09. The summed E-state index contributed by atoms with van der Waals surface area (Å²) in [5.41, 5.74) is 7.14. The summed E-state index contributed by atoms with van der Waals surface area (Å²) < 4.78 is 4.93. The highest BCUT2D eigenvalue weighted by molar-refractivity contribution is 5.95. The second kappa shape index (κ2) is 12.8. The van der Waals surface area contributed by atoms with Crippen LogP contribution in [0.4, 0.5) is 0 Å². The maximum Gasteiger partial charge on any atom is 0.322 e. The van der Waals surface area contributed by atoms with E-state index in [1.54, 1.807) is 6.92 Å². The highest BCUT2D eigenvalue weighted by Crippen LogP contribution is 2.07. The molecule has 0 aliphatic heterocycles. The molecule has 1 unspecified atom stereocenters. The maximum atomic E-state index is 11.5. The lowest BCUT2D eigenvalue weighted by Gasteiger charge is -2.06. The number of rotatable bonds is 8. The Hall–Kier alpha value is -2.46. The second-order valence-corrected chi connectivity index (χ2v) is 6.13. The third-order valence-electron chi connectivity index (χ3n) is 3.70. The quantitative estimate of drug-likeness (QED) is 0.429. The molecule has 1 atom stereocenters. The number of esters is 1. The molecule has 0 heterocycles. The molecular weight excluding hydrogens is 326 g/mol. The van der Waals surface area contributed by atoms with Gasteiger partial charge in [-0.05, 0) is 18.9 Å². The van der Waals surface area contributed by atoms with E-state index in [1.807, 2.05) is 60.7 Å². The number of carbonyl (C=O) groups excluding carboxylic acids is 2. The van der Waals surface area contributed by atoms with Crippen molar-refractivity contribution < 1.29 is 14.3 Å². The molecule has 4 nitrogen and oxygen atoms in total. The molecule has 2 rings (SSSR count). The molecule has 0 fully saturated rings. The fourth-order valence-corrected chi connectivity index (χ4v) is 2.16. The molecule has 2 aromatic rings. The van der Waals surface area contributed by atoms with Crippen LogP contribution in [0, 0.1) is 0 Å². The van der Waals surface area contributed by atoms with E-state index in [4.69, 9.17) is 10.5 Å². The number of nitrogens with two attached hydrogens (primary N) is 1. The highest BCUT2D eigenvalue weighted by Gasteiger charge is 2.07. The molecule has 0 spiro atoms. The van der Waals surface area contributed by atoms with Crippen molar-refractivity contribution in [1.29, 1.82) is 0 Å². The van der Waals surface area contributed by atoms with E-state index in [9.17, 15) is 9.59 Å². The fourth-order valence-electron chi connectivity index (χ4n) is 2.16. The van der Waals surface area contributed by atoms with Gasteiger partial charge in [0.15, 0.2) is 5.78 Å². The molecule has 4 heteroatoms. The Balaban J connectivity index is 0.000000260. The van der Waals surface area contributed by atoms with Gasteiger partial charge in [0, 0.05) is 12.0 Å². The molecule has 2 aromatic carbocycles. The normalized spacial score (nSPS) is 11.0. The Morgan fingerprint density at radius 1 is 0.962 bits per heavy atom. The largest absolute Gasteiger partial charge is 0.460 e. The van der Waals surface area contributed by atoms with E-state index in [1.165, 1.54) is 6.42 Å². The van der Waals surface area contributed by atoms with Gasteiger partial charge in [-0.25, -0.2) is 0 Å². The molecular formula is C22H29NO3. The van der Waals surface area contributed by atoms with Crippen LogP contribution < -0.4 is 5.73 Å². The molecule has 0 saturated carbocycles. The van der Waals surface area contributed by atoms with Gasteiger partial charge in [-0.15, -0.1) is 0 Å². The predicted octanol–water partition coefficient (Wildman–Crippen LogP) is 4.53. The summed E-state index contributed by atoms with van der Waals surface area (Å²) in [5, 5.41) is 0. The average molecular weight is 355 g/mol. The molecule has 0 bridgehead atoms. The van der Waals surface area contributed by atoms with Crippen molar-refractivity contribution in [3.8, 4) is 0 Å². The SMILES string of the molecule is CC(N)C(=O)OCc1ccccc1.CCCCCC(=O)c1ccccc1. The number of ether oxygens (including phenoxy) is 1. The lowest BCUT2D eigenvalue weighted by atomic mass is 10.1. The Labute approximate surface area is 156 Å². The van der Waals surface area contributed by atoms with E-state index in [0.29, 0.717) is 13.0 Å². The number of unbranched alkanes of at least 4 members (excludes halogenated alkanes) is 2. The lowest BCUT2D eigenvalue weighted by Crippen LogP contribution is -2.28. The molecule has 0 amide bonds. The minimum atomic E-state index is -0.552. The predicted molar refractivity (Wildman–Crippen MR) is 105 cm³/mol. The van der Waals surface area contributed by atoms with Crippen molar-refractivity contribution in [2.24, 2.45) is 5.73 Å². The van der Waals surface area contributed by atoms with Crippen LogP contribution in [0.5, 0.6) is 0 Å². The maximum absolute atomic E-state index is 11.5. The zero-order valence-corrected chi connectivity index (χ0v) is 15.7. The fraction of sp³-hybridized carbons (Fsp3) is 0.364. The zero-order chi connectivity index (χ0) is 19.2. The molecule has 0 radical (unpaired) electrons. The van der Waals surface area contributed by atoms with Gasteiger partial charge in [0.25, 0.3) is 0 Å². The van der Waals surface area contributed by atoms with Crippen LogP contribution in [0.3, 0.4) is 0 Å². The van der Waals surface area contributed by atoms with Gasteiger partial charge < -0.3 is 10.5 Å². The topological polar surface area (TPSA) is 69.4 Å². The van der Waals surface area contributed by atoms with Crippen molar-refractivity contribution >= 4 is 11.8 Å². The van der Waals surface area contributed by atoms with E-state index in [-0.39, 0.29) is 11.8 Å². The third kappa shape index (κ3) is 9.14. The Bertz CT molecular complexity index is 639. The average Bonchev–Trinajstić information content (AvgIpc) is 2.68. The first-order valence-electron chi connectivity index (χ1n) is 9.09. The lowest BCUT2D eigenvalue weighted by molar-refractivity contribution is -0.146. The Morgan fingerprint density at radius 2 is 1.54 bits per heavy atom. The summed E-state index contributed by atoms with van der Waals surface area (Å²) in [6.07, 6.45) is 4.03. The van der Waals surface area contributed by atoms with Crippen LogP contribution in [0.25, 0.3) is 0 Å². The van der Waals surface area contributed by atoms with E-state index < -0.39 is 6.04 Å². The Morgan fingerprint density at radius 3 is 2.08 bits per heavy atom. The monoisotopic (exact) mass is 355 g/mol. The van der Waals surface area contributed by atoms with Crippen molar-refractivity contribution in [3.63, 3.8) is 0 Å². The second-order valence-electron chi connectivity index (χ2n) is 6.13. The van der Waals surface area contributed by atoms with Crippen molar-refractivity contribution in [3.05, 3.63) is 71.8 Å². The van der Waals surface area contributed by atoms with Crippen LogP contribution in [-0.2, 0) is 16.1 Å². The number of Topliss-reactive ketones (excluding diaryl/α,β-unsaturated/α-hetero) is 1. The van der Waals surface area contributed by atoms with Crippen LogP contribution in [0.2, 0.25) is 0 Å². The van der Waals surface area contributed by atoms with Crippen molar-refractivity contribution in [1.82, 2.24) is 0 Å². The van der Waals surface area contributed by atoms with Crippen LogP contribution >= 0.6 is 0 Å². The molecule has 26 heavy (non-hydrogen) atoms. The van der Waals surface area contributed by atoms with E-state index >= 15 is 0 Å². The van der Waals surface area contributed by atoms with Crippen LogP contribution in [0.1, 0.15) is 55.5 Å². The molecule has 0 aliphatic rings. The summed E-state index contributed by atoms with van der Waals surface area (Å²) in [6.45, 7) is 4.04. The summed E-state index contributed by atoms with van der Waals surface area (Å²) >= 11 is 0. The summed E-state index contributed by atoms with van der Waals surface area (Å²) in [5.74, 6) is -0.0992. The van der Waals surface area contributed by atoms with Gasteiger partial charge in [-0.2, -0.15) is 0 Å². The van der Waals surface area contributed by atoms with Crippen LogP contribution in [-0.4, -0.2) is 17.8 Å². The first-order chi connectivity index (χ1) is 12.5. The number of hydrogen-bond donors (Lipinski definition) is 1. The van der Waals surface area contributed by atoms with Gasteiger partial charge in [0.2, 0.25) is 0 Å². The molecule has 2 N–H and O–H groups in total. The van der Waals surface area contributed by atoms with Gasteiger partial charge >= 0.3 is 5.97 Å². The van der Waals surface area contributed by atoms with Crippen molar-refractivity contribution in [2.45, 2.75) is 52.2 Å². The summed E-state index contributed by atoms with van der Waals surface area (Å²) in [4.78, 5) is 22.5. The Kier molecular flexibility index (Phi) is 10.7. The number of carbonyl (C=O) groups is 2. The molecule has 0 aliphatic carbocycles. The van der Waals surface area contributed by atoms with Gasteiger partial charge in [0.05, 0.1) is 0 Å². The minimum absolute atomic E-state index is 0.272. The number of ketones is 1. The standard InChI is InChI=1S/C12H16O.C10H13NO2/c1-2-3-5-10-12(13)11-8-6-4-7-9-11;1-8(11)10(12)13-7-9-5-3-2-4-6-9/h4,6-9H,2-3,5,10H2,1H3;2-6,8H,7,11H2,1H3. The van der Waals surface area contributed by atoms with Crippen LogP contribution in [0.15, 0.2) is 60.7 Å². The van der Waals surface area contributed by atoms with Gasteiger partial charge in [-0.3, -0.25) is 9.59 Å². The van der Waals surface area contributed by atoms with Gasteiger partial charge in [0.1, 0.15) is 12.6 Å². The first kappa shape index (κ1) is 21.6. The summed E-state index contributed by atoms with van der Waals surface area (Å²) in [7, 11) is 0. The van der Waals surface area contributed by atoms with Crippen molar-refractivity contribution in [2.75, 3.05) is 0 Å². The third-order valence-corrected chi connectivity index (χ3v) is 3.70. The molecule has 0 aromatic heterocycles. The summed E-state index contributed by atoms with van der Waals surface area (Å²) in [6, 6.07) is 18.5. The van der Waals surface area contributed by atoms with E-state index in [2.05, 4.69) is 6.92 Å². The molecule has 0 saturated heterocycles.